The molecule has 1 aromatic carbocycles. The third-order valence-electron chi connectivity index (χ3n) is 3.70. The molecule has 1 N–H and O–H groups in total. The molecular weight excluding hydrogens is 314 g/mol. The van der Waals surface area contributed by atoms with Crippen LogP contribution in [-0.4, -0.2) is 37.5 Å². The first-order valence-corrected chi connectivity index (χ1v) is 8.68. The van der Waals surface area contributed by atoms with E-state index in [0.717, 1.165) is 12.1 Å². The van der Waals surface area contributed by atoms with Crippen LogP contribution < -0.4 is 5.32 Å². The van der Waals surface area contributed by atoms with E-state index in [0.29, 0.717) is 19.4 Å². The zero-order valence-corrected chi connectivity index (χ0v) is 13.0. The Morgan fingerprint density at radius 2 is 2.09 bits per heavy atom. The van der Waals surface area contributed by atoms with Gasteiger partial charge in [0.2, 0.25) is 15.9 Å². The van der Waals surface area contributed by atoms with Gasteiger partial charge < -0.3 is 5.32 Å². The molecule has 1 aliphatic rings. The Labute approximate surface area is 128 Å². The summed E-state index contributed by atoms with van der Waals surface area (Å²) in [6.07, 6.45) is 1.15. The van der Waals surface area contributed by atoms with Crippen LogP contribution in [0.3, 0.4) is 0 Å². The smallest absolute Gasteiger partial charge is 0.228 e. The first kappa shape index (κ1) is 16.8. The molecule has 1 aromatic rings. The molecule has 5 nitrogen and oxygen atoms in total. The van der Waals surface area contributed by atoms with Crippen LogP contribution in [0.4, 0.5) is 14.5 Å². The van der Waals surface area contributed by atoms with Gasteiger partial charge in [0.25, 0.3) is 0 Å². The number of carbonyl (C=O) groups excluding carboxylic acids is 1. The van der Waals surface area contributed by atoms with Gasteiger partial charge in [-0.15, -0.1) is 0 Å². The van der Waals surface area contributed by atoms with E-state index in [9.17, 15) is 22.0 Å². The number of piperidine rings is 1. The Morgan fingerprint density at radius 3 is 2.73 bits per heavy atom. The van der Waals surface area contributed by atoms with Crippen LogP contribution in [0.5, 0.6) is 0 Å². The molecule has 0 radical (unpaired) electrons. The number of hydrogen-bond acceptors (Lipinski definition) is 3. The van der Waals surface area contributed by atoms with Gasteiger partial charge in [-0.25, -0.2) is 21.5 Å². The van der Waals surface area contributed by atoms with Crippen molar-refractivity contribution in [1.29, 1.82) is 0 Å². The topological polar surface area (TPSA) is 66.5 Å². The van der Waals surface area contributed by atoms with Crippen molar-refractivity contribution >= 4 is 21.6 Å². The van der Waals surface area contributed by atoms with Crippen molar-refractivity contribution in [1.82, 2.24) is 4.31 Å². The second-order valence-electron chi connectivity index (χ2n) is 5.22. The number of anilines is 1. The van der Waals surface area contributed by atoms with Crippen molar-refractivity contribution in [2.45, 2.75) is 19.8 Å². The van der Waals surface area contributed by atoms with Gasteiger partial charge in [0.15, 0.2) is 11.6 Å². The van der Waals surface area contributed by atoms with Crippen LogP contribution in [0, 0.1) is 17.6 Å². The zero-order chi connectivity index (χ0) is 16.3. The van der Waals surface area contributed by atoms with Gasteiger partial charge in [-0.2, -0.15) is 0 Å². The molecule has 0 aliphatic carbocycles. The third-order valence-corrected chi connectivity index (χ3v) is 5.55. The number of rotatable bonds is 4. The number of halogens is 2. The lowest BCUT2D eigenvalue weighted by atomic mass is 9.98. The molecule has 2 rings (SSSR count). The number of hydrogen-bond donors (Lipinski definition) is 1. The fourth-order valence-electron chi connectivity index (χ4n) is 2.41. The van der Waals surface area contributed by atoms with E-state index in [-0.39, 0.29) is 23.9 Å². The number of benzene rings is 1. The summed E-state index contributed by atoms with van der Waals surface area (Å²) < 4.78 is 51.0. The maximum atomic E-state index is 13.1. The van der Waals surface area contributed by atoms with Gasteiger partial charge in [-0.3, -0.25) is 4.79 Å². The van der Waals surface area contributed by atoms with E-state index in [4.69, 9.17) is 0 Å². The zero-order valence-electron chi connectivity index (χ0n) is 12.2. The summed E-state index contributed by atoms with van der Waals surface area (Å²) in [6, 6.07) is 3.09. The van der Waals surface area contributed by atoms with Crippen molar-refractivity contribution in [2.75, 3.05) is 24.2 Å². The monoisotopic (exact) mass is 332 g/mol. The van der Waals surface area contributed by atoms with Crippen molar-refractivity contribution in [2.24, 2.45) is 5.92 Å². The Bertz CT molecular complexity index is 664. The predicted octanol–water partition coefficient (Wildman–Crippen LogP) is 1.96. The lowest BCUT2D eigenvalue weighted by Gasteiger charge is -2.30. The summed E-state index contributed by atoms with van der Waals surface area (Å²) in [5, 5.41) is 2.50. The van der Waals surface area contributed by atoms with E-state index in [1.807, 2.05) is 0 Å². The molecule has 1 amide bonds. The molecule has 22 heavy (non-hydrogen) atoms. The molecule has 8 heteroatoms. The van der Waals surface area contributed by atoms with Crippen LogP contribution in [0.25, 0.3) is 0 Å². The average molecular weight is 332 g/mol. The maximum absolute atomic E-state index is 13.1. The standard InChI is InChI=1S/C14H18F2N2O3S/c1-2-22(20,21)18-7-3-4-10(9-18)14(19)17-11-5-6-12(15)13(16)8-11/h5-6,8,10H,2-4,7,9H2,1H3,(H,17,19). The van der Waals surface area contributed by atoms with Crippen molar-refractivity contribution in [3.05, 3.63) is 29.8 Å². The molecule has 1 heterocycles. The molecule has 1 fully saturated rings. The van der Waals surface area contributed by atoms with E-state index in [1.165, 1.54) is 10.4 Å². The number of nitrogens with zero attached hydrogens (tertiary/aromatic N) is 1. The second kappa shape index (κ2) is 6.70. The van der Waals surface area contributed by atoms with E-state index in [2.05, 4.69) is 5.32 Å². The Morgan fingerprint density at radius 1 is 1.36 bits per heavy atom. The molecule has 0 aromatic heterocycles. The van der Waals surface area contributed by atoms with Gasteiger partial charge >= 0.3 is 0 Å². The molecule has 1 unspecified atom stereocenters. The summed E-state index contributed by atoms with van der Waals surface area (Å²) in [7, 11) is -3.33. The highest BCUT2D eigenvalue weighted by molar-refractivity contribution is 7.89. The van der Waals surface area contributed by atoms with Gasteiger partial charge in [0.05, 0.1) is 11.7 Å². The van der Waals surface area contributed by atoms with Crippen molar-refractivity contribution in [3.63, 3.8) is 0 Å². The first-order valence-electron chi connectivity index (χ1n) is 7.07. The highest BCUT2D eigenvalue weighted by Gasteiger charge is 2.31. The number of amides is 1. The predicted molar refractivity (Wildman–Crippen MR) is 78.7 cm³/mol. The molecule has 1 aliphatic heterocycles. The average Bonchev–Trinajstić information content (AvgIpc) is 2.51. The lowest BCUT2D eigenvalue weighted by Crippen LogP contribution is -2.44. The summed E-state index contributed by atoms with van der Waals surface area (Å²) in [5.41, 5.74) is 0.152. The molecule has 1 atom stereocenters. The molecule has 0 spiro atoms. The first-order chi connectivity index (χ1) is 10.3. The molecular formula is C14H18F2N2O3S. The van der Waals surface area contributed by atoms with Crippen LogP contribution in [0.15, 0.2) is 18.2 Å². The van der Waals surface area contributed by atoms with Crippen molar-refractivity contribution < 1.29 is 22.0 Å². The fraction of sp³-hybridized carbons (Fsp3) is 0.500. The van der Waals surface area contributed by atoms with Gasteiger partial charge in [0.1, 0.15) is 0 Å². The van der Waals surface area contributed by atoms with Crippen LogP contribution >= 0.6 is 0 Å². The summed E-state index contributed by atoms with van der Waals surface area (Å²) in [4.78, 5) is 12.2. The molecule has 1 saturated heterocycles. The van der Waals surface area contributed by atoms with E-state index in [1.54, 1.807) is 6.92 Å². The van der Waals surface area contributed by atoms with Crippen LogP contribution in [0.2, 0.25) is 0 Å². The second-order valence-corrected chi connectivity index (χ2v) is 7.47. The van der Waals surface area contributed by atoms with E-state index < -0.39 is 27.6 Å². The van der Waals surface area contributed by atoms with Crippen molar-refractivity contribution in [3.8, 4) is 0 Å². The Balaban J connectivity index is 2.04. The minimum Gasteiger partial charge on any atom is -0.326 e. The number of nitrogens with one attached hydrogen (secondary N) is 1. The minimum atomic E-state index is -3.33. The SMILES string of the molecule is CCS(=O)(=O)N1CCCC(C(=O)Nc2ccc(F)c(F)c2)C1. The highest BCUT2D eigenvalue weighted by Crippen LogP contribution is 2.22. The molecule has 122 valence electrons. The quantitative estimate of drug-likeness (QED) is 0.917. The summed E-state index contributed by atoms with van der Waals surface area (Å²) in [6.45, 7) is 2.08. The normalized spacial score (nSPS) is 19.9. The van der Waals surface area contributed by atoms with Crippen LogP contribution in [0.1, 0.15) is 19.8 Å². The number of sulfonamides is 1. The molecule has 0 saturated carbocycles. The summed E-state index contributed by atoms with van der Waals surface area (Å²) >= 11 is 0. The maximum Gasteiger partial charge on any atom is 0.228 e. The Kier molecular flexibility index (Phi) is 5.12. The summed E-state index contributed by atoms with van der Waals surface area (Å²) in [5.74, 6) is -2.93. The highest BCUT2D eigenvalue weighted by atomic mass is 32.2. The largest absolute Gasteiger partial charge is 0.326 e. The Hall–Kier alpha value is -1.54. The van der Waals surface area contributed by atoms with Gasteiger partial charge in [0, 0.05) is 24.8 Å². The van der Waals surface area contributed by atoms with Crippen LogP contribution in [-0.2, 0) is 14.8 Å². The minimum absolute atomic E-state index is 0.00941. The fourth-order valence-corrected chi connectivity index (χ4v) is 3.59. The van der Waals surface area contributed by atoms with Gasteiger partial charge in [-0.1, -0.05) is 0 Å². The third kappa shape index (κ3) is 3.80. The number of carbonyl (C=O) groups is 1. The van der Waals surface area contributed by atoms with Gasteiger partial charge in [-0.05, 0) is 31.9 Å². The lowest BCUT2D eigenvalue weighted by molar-refractivity contribution is -0.120. The molecule has 0 bridgehead atoms. The van der Waals surface area contributed by atoms with E-state index >= 15 is 0 Å².